The Balaban J connectivity index is 1.52. The molecule has 1 atom stereocenters. The van der Waals surface area contributed by atoms with Gasteiger partial charge in [-0.05, 0) is 43.2 Å². The lowest BCUT2D eigenvalue weighted by atomic mass is 10.1. The zero-order valence-electron chi connectivity index (χ0n) is 16.6. The summed E-state index contributed by atoms with van der Waals surface area (Å²) in [6.07, 6.45) is 0.731. The van der Waals surface area contributed by atoms with Crippen molar-refractivity contribution in [1.82, 2.24) is 10.2 Å². The normalized spacial score (nSPS) is 16.7. The molecule has 0 aliphatic carbocycles. The Morgan fingerprint density at radius 1 is 1.24 bits per heavy atom. The van der Waals surface area contributed by atoms with Gasteiger partial charge in [0.25, 0.3) is 0 Å². The number of rotatable bonds is 10. The fourth-order valence-corrected chi connectivity index (χ4v) is 4.42. The highest BCUT2D eigenvalue weighted by atomic mass is 35.5. The van der Waals surface area contributed by atoms with E-state index in [4.69, 9.17) is 21.1 Å². The second-order valence-electron chi connectivity index (χ2n) is 7.28. The number of halogens is 1. The number of hydrogen-bond donors (Lipinski definition) is 3. The van der Waals surface area contributed by atoms with Gasteiger partial charge >= 0.3 is 0 Å². The molecular weight excluding hydrogens is 412 g/mol. The van der Waals surface area contributed by atoms with Crippen LogP contribution in [0.2, 0.25) is 4.34 Å². The van der Waals surface area contributed by atoms with E-state index in [0.717, 1.165) is 53.9 Å². The van der Waals surface area contributed by atoms with E-state index in [2.05, 4.69) is 10.2 Å². The smallest absolute Gasteiger partial charge is 0.124 e. The summed E-state index contributed by atoms with van der Waals surface area (Å²) in [5, 5.41) is 23.4. The van der Waals surface area contributed by atoms with Gasteiger partial charge in [0.1, 0.15) is 24.2 Å². The third-order valence-electron chi connectivity index (χ3n) is 4.97. The first-order valence-electron chi connectivity index (χ1n) is 9.86. The Morgan fingerprint density at radius 2 is 2.03 bits per heavy atom. The molecule has 0 unspecified atom stereocenters. The second kappa shape index (κ2) is 11.2. The van der Waals surface area contributed by atoms with Gasteiger partial charge in [0, 0.05) is 43.2 Å². The lowest BCUT2D eigenvalue weighted by Crippen LogP contribution is -2.41. The van der Waals surface area contributed by atoms with Gasteiger partial charge in [0.05, 0.1) is 17.6 Å². The fourth-order valence-electron chi connectivity index (χ4n) is 3.37. The molecule has 1 aliphatic rings. The minimum atomic E-state index is -0.582. The molecule has 0 saturated carbocycles. The molecular formula is C21H29ClN2O4S. The zero-order valence-corrected chi connectivity index (χ0v) is 18.2. The molecule has 1 saturated heterocycles. The Bertz CT molecular complexity index is 765. The van der Waals surface area contributed by atoms with Gasteiger partial charge in [-0.15, -0.1) is 11.3 Å². The van der Waals surface area contributed by atoms with Gasteiger partial charge in [-0.1, -0.05) is 11.6 Å². The van der Waals surface area contributed by atoms with Crippen LogP contribution in [0, 0.1) is 0 Å². The van der Waals surface area contributed by atoms with Crippen molar-refractivity contribution in [3.8, 4) is 11.5 Å². The zero-order chi connectivity index (χ0) is 20.6. The maximum Gasteiger partial charge on any atom is 0.124 e. The van der Waals surface area contributed by atoms with Gasteiger partial charge in [-0.2, -0.15) is 0 Å². The quantitative estimate of drug-likeness (QED) is 0.527. The average Bonchev–Trinajstić information content (AvgIpc) is 3.13. The number of aliphatic hydroxyl groups is 2. The largest absolute Gasteiger partial charge is 0.497 e. The molecule has 3 rings (SSSR count). The molecule has 8 heteroatoms. The van der Waals surface area contributed by atoms with Crippen LogP contribution in [0.3, 0.4) is 0 Å². The van der Waals surface area contributed by atoms with Crippen molar-refractivity contribution in [1.29, 1.82) is 0 Å². The van der Waals surface area contributed by atoms with Crippen molar-refractivity contribution in [3.05, 3.63) is 45.1 Å². The van der Waals surface area contributed by atoms with Crippen LogP contribution in [-0.4, -0.2) is 60.7 Å². The number of β-amino-alcohol motifs (C(OH)–C–C–N with tert-alkyl or cyclic N) is 1. The maximum absolute atomic E-state index is 10.4. The second-order valence-corrected chi connectivity index (χ2v) is 9.08. The van der Waals surface area contributed by atoms with Gasteiger partial charge in [0.15, 0.2) is 0 Å². The molecule has 29 heavy (non-hydrogen) atoms. The summed E-state index contributed by atoms with van der Waals surface area (Å²) in [6.45, 7) is 3.72. The van der Waals surface area contributed by atoms with E-state index in [-0.39, 0.29) is 12.7 Å². The molecule has 1 fully saturated rings. The first kappa shape index (κ1) is 22.3. The van der Waals surface area contributed by atoms with Crippen LogP contribution in [-0.2, 0) is 13.1 Å². The van der Waals surface area contributed by atoms with Crippen molar-refractivity contribution in [2.24, 2.45) is 0 Å². The molecule has 0 spiro atoms. The minimum absolute atomic E-state index is 0.209. The molecule has 160 valence electrons. The summed E-state index contributed by atoms with van der Waals surface area (Å²) >= 11 is 7.54. The first-order valence-corrected chi connectivity index (χ1v) is 11.1. The van der Waals surface area contributed by atoms with Crippen LogP contribution in [0.1, 0.15) is 23.3 Å². The minimum Gasteiger partial charge on any atom is -0.497 e. The van der Waals surface area contributed by atoms with E-state index >= 15 is 0 Å². The van der Waals surface area contributed by atoms with Crippen LogP contribution in [0.4, 0.5) is 0 Å². The van der Waals surface area contributed by atoms with Crippen LogP contribution < -0.4 is 14.8 Å². The van der Waals surface area contributed by atoms with Crippen LogP contribution in [0.5, 0.6) is 11.5 Å². The predicted octanol–water partition coefficient (Wildman–Crippen LogP) is 2.90. The molecule has 1 aromatic carbocycles. The number of nitrogens with zero attached hydrogens (tertiary/aromatic N) is 1. The third kappa shape index (κ3) is 7.13. The number of piperidine rings is 1. The molecule has 6 nitrogen and oxygen atoms in total. The summed E-state index contributed by atoms with van der Waals surface area (Å²) in [5.41, 5.74) is 0.972. The number of nitrogens with one attached hydrogen (secondary N) is 1. The Kier molecular flexibility index (Phi) is 8.59. The lowest BCUT2D eigenvalue weighted by Gasteiger charge is -2.31. The number of benzene rings is 1. The fraction of sp³-hybridized carbons (Fsp3) is 0.524. The number of ether oxygens (including phenoxy) is 2. The Hall–Kier alpha value is -1.35. The Morgan fingerprint density at radius 3 is 2.72 bits per heavy atom. The molecule has 0 bridgehead atoms. The highest BCUT2D eigenvalue weighted by Crippen LogP contribution is 2.25. The van der Waals surface area contributed by atoms with Crippen LogP contribution in [0.15, 0.2) is 30.3 Å². The monoisotopic (exact) mass is 440 g/mol. The summed E-state index contributed by atoms with van der Waals surface area (Å²) in [6, 6.07) is 9.59. The number of methoxy groups -OCH3 is 1. The van der Waals surface area contributed by atoms with E-state index in [1.807, 2.05) is 30.3 Å². The van der Waals surface area contributed by atoms with Crippen molar-refractivity contribution < 1.29 is 19.7 Å². The molecule has 1 aromatic heterocycles. The van der Waals surface area contributed by atoms with Gasteiger partial charge in [-0.3, -0.25) is 0 Å². The lowest BCUT2D eigenvalue weighted by molar-refractivity contribution is 0.0336. The summed E-state index contributed by atoms with van der Waals surface area (Å²) < 4.78 is 12.0. The molecule has 3 N–H and O–H groups in total. The summed E-state index contributed by atoms with van der Waals surface area (Å²) in [5.74, 6) is 1.50. The summed E-state index contributed by atoms with van der Waals surface area (Å²) in [4.78, 5) is 3.34. The van der Waals surface area contributed by atoms with Crippen molar-refractivity contribution >= 4 is 22.9 Å². The van der Waals surface area contributed by atoms with E-state index < -0.39 is 6.10 Å². The van der Waals surface area contributed by atoms with Crippen molar-refractivity contribution in [2.75, 3.05) is 33.4 Å². The highest BCUT2D eigenvalue weighted by Gasteiger charge is 2.20. The standard InChI is InChI=1S/C21H29ClN2O4S/c1-27-18-2-4-20(15(10-18)11-23-12-19-3-5-21(22)29-19)28-14-17(26)13-24-8-6-16(25)7-9-24/h2-5,10,16-17,23,25-26H,6-9,11-14H2,1H3/t17-/m0/s1. The SMILES string of the molecule is COc1ccc(OC[C@@H](O)CN2CCC(O)CC2)c(CNCc2ccc(Cl)s2)c1. The topological polar surface area (TPSA) is 74.2 Å². The number of aliphatic hydroxyl groups excluding tert-OH is 2. The van der Waals surface area contributed by atoms with Crippen LogP contribution in [0.25, 0.3) is 0 Å². The van der Waals surface area contributed by atoms with Gasteiger partial charge in [0.2, 0.25) is 0 Å². The molecule has 2 heterocycles. The maximum atomic E-state index is 10.4. The van der Waals surface area contributed by atoms with E-state index in [0.29, 0.717) is 13.1 Å². The molecule has 2 aromatic rings. The Labute approximate surface area is 181 Å². The number of thiophene rings is 1. The van der Waals surface area contributed by atoms with E-state index in [1.165, 1.54) is 4.88 Å². The molecule has 1 aliphatic heterocycles. The first-order chi connectivity index (χ1) is 14.0. The summed E-state index contributed by atoms with van der Waals surface area (Å²) in [7, 11) is 1.64. The third-order valence-corrected chi connectivity index (χ3v) is 6.20. The van der Waals surface area contributed by atoms with Crippen molar-refractivity contribution in [2.45, 2.75) is 38.1 Å². The van der Waals surface area contributed by atoms with Gasteiger partial charge in [-0.25, -0.2) is 0 Å². The average molecular weight is 441 g/mol. The van der Waals surface area contributed by atoms with Crippen molar-refractivity contribution in [3.63, 3.8) is 0 Å². The molecule has 0 radical (unpaired) electrons. The van der Waals surface area contributed by atoms with Gasteiger partial charge < -0.3 is 29.9 Å². The van der Waals surface area contributed by atoms with Crippen LogP contribution >= 0.6 is 22.9 Å². The number of hydrogen-bond acceptors (Lipinski definition) is 7. The predicted molar refractivity (Wildman–Crippen MR) is 116 cm³/mol. The number of likely N-dealkylation sites (tertiary alicyclic amines) is 1. The van der Waals surface area contributed by atoms with E-state index in [1.54, 1.807) is 18.4 Å². The van der Waals surface area contributed by atoms with E-state index in [9.17, 15) is 10.2 Å². The highest BCUT2D eigenvalue weighted by molar-refractivity contribution is 7.16. The molecule has 0 amide bonds.